The minimum Gasteiger partial charge on any atom is -0.369 e. The molecule has 4 N–H and O–H groups in total. The molecule has 2 fully saturated rings. The summed E-state index contributed by atoms with van der Waals surface area (Å²) in [4.78, 5) is 24.0. The lowest BCUT2D eigenvalue weighted by Crippen LogP contribution is -2.50. The van der Waals surface area contributed by atoms with E-state index in [0.29, 0.717) is 0 Å². The summed E-state index contributed by atoms with van der Waals surface area (Å²) in [7, 11) is 0. The molecular weight excluding hydrogens is 252 g/mol. The molecule has 0 spiro atoms. The van der Waals surface area contributed by atoms with E-state index in [-0.39, 0.29) is 35.5 Å². The second kappa shape index (κ2) is 5.23. The molecule has 2 amide bonds. The monoisotopic (exact) mass is 276 g/mol. The van der Waals surface area contributed by atoms with Crippen molar-refractivity contribution in [2.75, 3.05) is 0 Å². The topological polar surface area (TPSA) is 86.2 Å². The van der Waals surface area contributed by atoms with Crippen molar-refractivity contribution in [2.24, 2.45) is 35.1 Å². The van der Waals surface area contributed by atoms with Gasteiger partial charge in [0.25, 0.3) is 0 Å². The largest absolute Gasteiger partial charge is 0.369 e. The van der Waals surface area contributed by atoms with Crippen molar-refractivity contribution in [3.8, 4) is 0 Å². The van der Waals surface area contributed by atoms with Gasteiger partial charge in [-0.05, 0) is 50.4 Å². The number of fused-ring (bicyclic) bond motifs is 2. The zero-order valence-corrected chi connectivity index (χ0v) is 11.9. The molecule has 0 radical (unpaired) electrons. The zero-order valence-electron chi connectivity index (χ0n) is 11.9. The standard InChI is InChI=1S/C16H24N2O2/c17-15(19)13-11-7-3-1-5-9(11)10-6-2-4-8-12(10)14(13)16(18)20/h11-14H,1-8H2,(H2,17,19)(H2,18,20)/t11-,12+,13-,14-/m1/s1. The Bertz CT molecular complexity index is 427. The molecule has 0 saturated heterocycles. The molecule has 0 aliphatic heterocycles. The lowest BCUT2D eigenvalue weighted by molar-refractivity contribution is -0.136. The number of primary amides is 2. The second-order valence-electron chi connectivity index (χ2n) is 6.61. The smallest absolute Gasteiger partial charge is 0.221 e. The Hall–Kier alpha value is -1.32. The molecule has 0 aromatic rings. The molecule has 110 valence electrons. The summed E-state index contributed by atoms with van der Waals surface area (Å²) >= 11 is 0. The molecule has 0 heterocycles. The summed E-state index contributed by atoms with van der Waals surface area (Å²) in [6.45, 7) is 0. The summed E-state index contributed by atoms with van der Waals surface area (Å²) in [5.41, 5.74) is 14.2. The Kier molecular flexibility index (Phi) is 3.57. The average molecular weight is 276 g/mol. The van der Waals surface area contributed by atoms with Crippen molar-refractivity contribution in [1.29, 1.82) is 0 Å². The van der Waals surface area contributed by atoms with Gasteiger partial charge >= 0.3 is 0 Å². The predicted octanol–water partition coefficient (Wildman–Crippen LogP) is 1.88. The fourth-order valence-corrected chi connectivity index (χ4v) is 4.92. The van der Waals surface area contributed by atoms with Crippen molar-refractivity contribution in [2.45, 2.75) is 51.4 Å². The van der Waals surface area contributed by atoms with Gasteiger partial charge in [0, 0.05) is 0 Å². The van der Waals surface area contributed by atoms with Crippen LogP contribution in [0.15, 0.2) is 11.1 Å². The highest BCUT2D eigenvalue weighted by Crippen LogP contribution is 2.52. The lowest BCUT2D eigenvalue weighted by atomic mass is 9.57. The Morgan fingerprint density at radius 1 is 0.750 bits per heavy atom. The molecule has 4 atom stereocenters. The minimum atomic E-state index is -0.366. The molecule has 20 heavy (non-hydrogen) atoms. The van der Waals surface area contributed by atoms with Gasteiger partial charge in [0.05, 0.1) is 11.8 Å². The summed E-state index contributed by atoms with van der Waals surface area (Å²) in [5, 5.41) is 0. The molecule has 0 bridgehead atoms. The van der Waals surface area contributed by atoms with Crippen molar-refractivity contribution in [3.05, 3.63) is 11.1 Å². The third kappa shape index (κ3) is 2.05. The summed E-state index contributed by atoms with van der Waals surface area (Å²) in [6.07, 6.45) is 8.82. The summed E-state index contributed by atoms with van der Waals surface area (Å²) in [6, 6.07) is 0. The molecule has 0 unspecified atom stereocenters. The molecule has 0 aromatic heterocycles. The van der Waals surface area contributed by atoms with Crippen molar-refractivity contribution >= 4 is 11.8 Å². The molecule has 0 aromatic carbocycles. The highest BCUT2D eigenvalue weighted by molar-refractivity contribution is 5.87. The van der Waals surface area contributed by atoms with Crippen LogP contribution in [0.1, 0.15) is 51.4 Å². The number of carbonyl (C=O) groups is 2. The fraction of sp³-hybridized carbons (Fsp3) is 0.750. The van der Waals surface area contributed by atoms with Crippen LogP contribution in [0.25, 0.3) is 0 Å². The van der Waals surface area contributed by atoms with E-state index in [4.69, 9.17) is 11.5 Å². The number of hydrogen-bond acceptors (Lipinski definition) is 2. The van der Waals surface area contributed by atoms with Crippen molar-refractivity contribution in [1.82, 2.24) is 0 Å². The molecule has 4 heteroatoms. The molecule has 3 rings (SSSR count). The van der Waals surface area contributed by atoms with Crippen LogP contribution in [0.5, 0.6) is 0 Å². The van der Waals surface area contributed by atoms with Gasteiger partial charge in [-0.15, -0.1) is 0 Å². The highest BCUT2D eigenvalue weighted by atomic mass is 16.2. The highest BCUT2D eigenvalue weighted by Gasteiger charge is 2.49. The lowest BCUT2D eigenvalue weighted by Gasteiger charge is -2.47. The van der Waals surface area contributed by atoms with Crippen molar-refractivity contribution < 1.29 is 9.59 Å². The molecule has 4 nitrogen and oxygen atoms in total. The van der Waals surface area contributed by atoms with Crippen LogP contribution in [0.4, 0.5) is 0 Å². The predicted molar refractivity (Wildman–Crippen MR) is 76.3 cm³/mol. The van der Waals surface area contributed by atoms with E-state index >= 15 is 0 Å². The first-order valence-electron chi connectivity index (χ1n) is 7.91. The summed E-state index contributed by atoms with van der Waals surface area (Å²) < 4.78 is 0. The average Bonchev–Trinajstić information content (AvgIpc) is 2.45. The third-order valence-corrected chi connectivity index (χ3v) is 5.64. The van der Waals surface area contributed by atoms with Crippen LogP contribution in [-0.2, 0) is 9.59 Å². The SMILES string of the molecule is NC(=O)[C@H]1[C@H](C(N)=O)[C@H]2CCCCC2=C2CCCC[C@H]21. The number of nitrogens with two attached hydrogens (primary N) is 2. The number of rotatable bonds is 2. The normalized spacial score (nSPS) is 37.0. The van der Waals surface area contributed by atoms with Gasteiger partial charge in [-0.25, -0.2) is 0 Å². The van der Waals surface area contributed by atoms with E-state index in [2.05, 4.69) is 0 Å². The van der Waals surface area contributed by atoms with Crippen LogP contribution in [0.2, 0.25) is 0 Å². The summed E-state index contributed by atoms with van der Waals surface area (Å²) in [5.74, 6) is -1.03. The van der Waals surface area contributed by atoms with Gasteiger partial charge in [0.2, 0.25) is 11.8 Å². The Labute approximate surface area is 120 Å². The molecule has 3 aliphatic rings. The Balaban J connectivity index is 2.09. The Morgan fingerprint density at radius 2 is 1.15 bits per heavy atom. The van der Waals surface area contributed by atoms with E-state index in [1.165, 1.54) is 24.0 Å². The third-order valence-electron chi connectivity index (χ3n) is 5.64. The molecule has 3 aliphatic carbocycles. The van der Waals surface area contributed by atoms with E-state index in [1.54, 1.807) is 0 Å². The van der Waals surface area contributed by atoms with Gasteiger partial charge in [-0.1, -0.05) is 24.0 Å². The van der Waals surface area contributed by atoms with Gasteiger partial charge in [0.15, 0.2) is 0 Å². The first kappa shape index (κ1) is 13.7. The van der Waals surface area contributed by atoms with Gasteiger partial charge in [-0.2, -0.15) is 0 Å². The first-order valence-corrected chi connectivity index (χ1v) is 7.91. The van der Waals surface area contributed by atoms with Crippen LogP contribution in [-0.4, -0.2) is 11.8 Å². The zero-order chi connectivity index (χ0) is 14.3. The second-order valence-corrected chi connectivity index (χ2v) is 6.61. The maximum atomic E-state index is 12.0. The van der Waals surface area contributed by atoms with Gasteiger partial charge < -0.3 is 11.5 Å². The van der Waals surface area contributed by atoms with Gasteiger partial charge in [-0.3, -0.25) is 9.59 Å². The van der Waals surface area contributed by atoms with Crippen LogP contribution < -0.4 is 11.5 Å². The Morgan fingerprint density at radius 3 is 1.50 bits per heavy atom. The quantitative estimate of drug-likeness (QED) is 0.754. The number of allylic oxidation sites excluding steroid dienone is 2. The number of amides is 2. The number of hydrogen-bond donors (Lipinski definition) is 2. The first-order chi connectivity index (χ1) is 9.61. The van der Waals surface area contributed by atoms with E-state index < -0.39 is 0 Å². The number of carbonyl (C=O) groups excluding carboxylic acids is 2. The van der Waals surface area contributed by atoms with Gasteiger partial charge in [0.1, 0.15) is 0 Å². The maximum absolute atomic E-state index is 12.0. The van der Waals surface area contributed by atoms with E-state index in [0.717, 1.165) is 38.5 Å². The molecular formula is C16H24N2O2. The maximum Gasteiger partial charge on any atom is 0.221 e. The van der Waals surface area contributed by atoms with Crippen molar-refractivity contribution in [3.63, 3.8) is 0 Å². The van der Waals surface area contributed by atoms with Crippen LogP contribution >= 0.6 is 0 Å². The molecule has 2 saturated carbocycles. The fourth-order valence-electron chi connectivity index (χ4n) is 4.92. The van der Waals surface area contributed by atoms with Crippen LogP contribution in [0, 0.1) is 23.7 Å². The minimum absolute atomic E-state index is 0.183. The van der Waals surface area contributed by atoms with E-state index in [9.17, 15) is 9.59 Å². The van der Waals surface area contributed by atoms with Crippen LogP contribution in [0.3, 0.4) is 0 Å². The van der Waals surface area contributed by atoms with E-state index in [1.807, 2.05) is 0 Å².